The van der Waals surface area contributed by atoms with Gasteiger partial charge in [0.1, 0.15) is 11.5 Å². The minimum absolute atomic E-state index is 0.0384. The van der Waals surface area contributed by atoms with Crippen molar-refractivity contribution in [3.63, 3.8) is 0 Å². The van der Waals surface area contributed by atoms with E-state index < -0.39 is 0 Å². The van der Waals surface area contributed by atoms with Crippen LogP contribution in [-0.4, -0.2) is 16.0 Å². The van der Waals surface area contributed by atoms with Gasteiger partial charge >= 0.3 is 0 Å². The molecule has 2 aromatic rings. The average Bonchev–Trinajstić information content (AvgIpc) is 2.30. The molecule has 0 atom stereocenters. The summed E-state index contributed by atoms with van der Waals surface area (Å²) in [6.07, 6.45) is 0. The van der Waals surface area contributed by atoms with Gasteiger partial charge in [0.25, 0.3) is 0 Å². The Kier molecular flexibility index (Phi) is 2.83. The molecular weight excluding hydrogens is 216 g/mol. The zero-order valence-electron chi connectivity index (χ0n) is 9.34. The van der Waals surface area contributed by atoms with Crippen molar-refractivity contribution < 1.29 is 15.0 Å². The van der Waals surface area contributed by atoms with E-state index in [2.05, 4.69) is 0 Å². The van der Waals surface area contributed by atoms with Crippen LogP contribution in [0.4, 0.5) is 0 Å². The summed E-state index contributed by atoms with van der Waals surface area (Å²) < 4.78 is 0. The van der Waals surface area contributed by atoms with Gasteiger partial charge in [-0.3, -0.25) is 4.79 Å². The molecule has 0 heterocycles. The fourth-order valence-electron chi connectivity index (χ4n) is 1.67. The number of Topliss-reactive ketones (excluding diaryl/α,β-unsaturated/α-hetero) is 1. The molecule has 2 rings (SSSR count). The van der Waals surface area contributed by atoms with E-state index in [-0.39, 0.29) is 17.3 Å². The molecular formula is C14H12O3. The Morgan fingerprint density at radius 1 is 0.941 bits per heavy atom. The van der Waals surface area contributed by atoms with E-state index in [0.29, 0.717) is 16.7 Å². The normalized spacial score (nSPS) is 10.2. The molecule has 3 nitrogen and oxygen atoms in total. The van der Waals surface area contributed by atoms with Crippen LogP contribution in [0.5, 0.6) is 11.5 Å². The summed E-state index contributed by atoms with van der Waals surface area (Å²) >= 11 is 0. The number of carbonyl (C=O) groups is 1. The number of phenolic OH excluding ortho intramolecular Hbond substituents is 2. The van der Waals surface area contributed by atoms with Crippen LogP contribution in [0.25, 0.3) is 11.1 Å². The van der Waals surface area contributed by atoms with Gasteiger partial charge in [-0.1, -0.05) is 18.2 Å². The van der Waals surface area contributed by atoms with Gasteiger partial charge in [0.2, 0.25) is 0 Å². The van der Waals surface area contributed by atoms with Crippen LogP contribution in [0.2, 0.25) is 0 Å². The maximum atomic E-state index is 11.3. The number of carbonyl (C=O) groups excluding carboxylic acids is 1. The van der Waals surface area contributed by atoms with Gasteiger partial charge in [-0.15, -0.1) is 0 Å². The summed E-state index contributed by atoms with van der Waals surface area (Å²) in [7, 11) is 0. The molecule has 0 spiro atoms. The van der Waals surface area contributed by atoms with Gasteiger partial charge in [0, 0.05) is 16.7 Å². The lowest BCUT2D eigenvalue weighted by Gasteiger charge is -2.08. The molecule has 0 radical (unpaired) electrons. The second kappa shape index (κ2) is 4.29. The van der Waals surface area contributed by atoms with Gasteiger partial charge in [-0.2, -0.15) is 0 Å². The summed E-state index contributed by atoms with van der Waals surface area (Å²) in [6, 6.07) is 11.3. The minimum atomic E-state index is -0.0818. The minimum Gasteiger partial charge on any atom is -0.507 e. The largest absolute Gasteiger partial charge is 0.507 e. The first-order chi connectivity index (χ1) is 8.09. The summed E-state index contributed by atoms with van der Waals surface area (Å²) in [6.45, 7) is 1.46. The van der Waals surface area contributed by atoms with Crippen LogP contribution in [0, 0.1) is 0 Å². The van der Waals surface area contributed by atoms with E-state index in [1.54, 1.807) is 30.3 Å². The summed E-state index contributed by atoms with van der Waals surface area (Å²) in [5, 5.41) is 19.5. The van der Waals surface area contributed by atoms with Gasteiger partial charge in [0.15, 0.2) is 5.78 Å². The zero-order chi connectivity index (χ0) is 12.4. The maximum Gasteiger partial charge on any atom is 0.159 e. The fraction of sp³-hybridized carbons (Fsp3) is 0.0714. The highest BCUT2D eigenvalue weighted by atomic mass is 16.3. The molecule has 0 saturated carbocycles. The van der Waals surface area contributed by atoms with Crippen molar-refractivity contribution >= 4 is 5.78 Å². The first kappa shape index (κ1) is 11.2. The summed E-state index contributed by atoms with van der Waals surface area (Å²) in [5.41, 5.74) is 1.46. The van der Waals surface area contributed by atoms with E-state index in [9.17, 15) is 15.0 Å². The van der Waals surface area contributed by atoms with Crippen molar-refractivity contribution in [2.45, 2.75) is 6.92 Å². The van der Waals surface area contributed by atoms with E-state index in [4.69, 9.17) is 0 Å². The lowest BCUT2D eigenvalue weighted by molar-refractivity contribution is 0.101. The Hall–Kier alpha value is -2.29. The van der Waals surface area contributed by atoms with Crippen LogP contribution in [-0.2, 0) is 0 Å². The third-order valence-corrected chi connectivity index (χ3v) is 2.60. The summed E-state index contributed by atoms with van der Waals surface area (Å²) in [5.74, 6) is 0.0293. The quantitative estimate of drug-likeness (QED) is 0.777. The smallest absolute Gasteiger partial charge is 0.159 e. The number of phenols is 2. The molecule has 0 aliphatic carbocycles. The third-order valence-electron chi connectivity index (χ3n) is 2.60. The molecule has 0 fully saturated rings. The molecule has 2 aromatic carbocycles. The Morgan fingerprint density at radius 3 is 2.24 bits per heavy atom. The predicted molar refractivity (Wildman–Crippen MR) is 65.2 cm³/mol. The molecule has 86 valence electrons. The van der Waals surface area contributed by atoms with Crippen LogP contribution < -0.4 is 0 Å². The molecule has 2 N–H and O–H groups in total. The third kappa shape index (κ3) is 2.13. The van der Waals surface area contributed by atoms with Crippen molar-refractivity contribution in [1.82, 2.24) is 0 Å². The van der Waals surface area contributed by atoms with Crippen LogP contribution >= 0.6 is 0 Å². The van der Waals surface area contributed by atoms with Crippen LogP contribution in [0.3, 0.4) is 0 Å². The Morgan fingerprint density at radius 2 is 1.59 bits per heavy atom. The lowest BCUT2D eigenvalue weighted by atomic mass is 10.00. The van der Waals surface area contributed by atoms with Crippen LogP contribution in [0.1, 0.15) is 17.3 Å². The molecule has 0 aliphatic rings. The van der Waals surface area contributed by atoms with Gasteiger partial charge in [0.05, 0.1) is 0 Å². The number of aromatic hydroxyl groups is 2. The maximum absolute atomic E-state index is 11.3. The highest BCUT2D eigenvalue weighted by Crippen LogP contribution is 2.35. The molecule has 0 aromatic heterocycles. The predicted octanol–water partition coefficient (Wildman–Crippen LogP) is 2.97. The van der Waals surface area contributed by atoms with Gasteiger partial charge < -0.3 is 10.2 Å². The Balaban J connectivity index is 2.63. The standard InChI is InChI=1S/C14H12O3/c1-9(15)10-6-7-14(17)12(8-10)11-4-2-3-5-13(11)16/h2-8,16-17H,1H3. The zero-order valence-corrected chi connectivity index (χ0v) is 9.34. The molecule has 0 aliphatic heterocycles. The molecule has 0 bridgehead atoms. The first-order valence-electron chi connectivity index (χ1n) is 5.22. The topological polar surface area (TPSA) is 57.5 Å². The van der Waals surface area contributed by atoms with Gasteiger partial charge in [-0.25, -0.2) is 0 Å². The van der Waals surface area contributed by atoms with Crippen molar-refractivity contribution in [2.24, 2.45) is 0 Å². The second-order valence-corrected chi connectivity index (χ2v) is 3.81. The Bertz CT molecular complexity index is 573. The molecule has 0 unspecified atom stereocenters. The fourth-order valence-corrected chi connectivity index (χ4v) is 1.67. The van der Waals surface area contributed by atoms with Crippen molar-refractivity contribution in [1.29, 1.82) is 0 Å². The number of rotatable bonds is 2. The highest BCUT2D eigenvalue weighted by Gasteiger charge is 2.10. The van der Waals surface area contributed by atoms with Gasteiger partial charge in [-0.05, 0) is 31.2 Å². The lowest BCUT2D eigenvalue weighted by Crippen LogP contribution is -1.92. The first-order valence-corrected chi connectivity index (χ1v) is 5.22. The van der Waals surface area contributed by atoms with E-state index in [0.717, 1.165) is 0 Å². The van der Waals surface area contributed by atoms with Crippen molar-refractivity contribution in [2.75, 3.05) is 0 Å². The monoisotopic (exact) mass is 228 g/mol. The molecule has 17 heavy (non-hydrogen) atoms. The van der Waals surface area contributed by atoms with E-state index in [1.165, 1.54) is 19.1 Å². The molecule has 3 heteroatoms. The van der Waals surface area contributed by atoms with Crippen molar-refractivity contribution in [3.05, 3.63) is 48.0 Å². The number of hydrogen-bond acceptors (Lipinski definition) is 3. The molecule has 0 saturated heterocycles. The number of para-hydroxylation sites is 1. The summed E-state index contributed by atoms with van der Waals surface area (Å²) in [4.78, 5) is 11.3. The SMILES string of the molecule is CC(=O)c1ccc(O)c(-c2ccccc2O)c1. The highest BCUT2D eigenvalue weighted by molar-refractivity contribution is 5.96. The van der Waals surface area contributed by atoms with E-state index >= 15 is 0 Å². The number of hydrogen-bond donors (Lipinski definition) is 2. The number of ketones is 1. The van der Waals surface area contributed by atoms with Crippen LogP contribution in [0.15, 0.2) is 42.5 Å². The Labute approximate surface area is 99.0 Å². The number of benzene rings is 2. The van der Waals surface area contributed by atoms with E-state index in [1.807, 2.05) is 0 Å². The second-order valence-electron chi connectivity index (χ2n) is 3.81. The molecule has 0 amide bonds. The average molecular weight is 228 g/mol. The van der Waals surface area contributed by atoms with Crippen molar-refractivity contribution in [3.8, 4) is 22.6 Å².